The van der Waals surface area contributed by atoms with Crippen LogP contribution in [0.4, 0.5) is 11.4 Å². The number of hydrogen-bond acceptors (Lipinski definition) is 7. The minimum absolute atomic E-state index is 0.00188. The molecule has 4 aromatic rings. The molecule has 2 aromatic carbocycles. The molecule has 0 spiro atoms. The molecule has 1 saturated heterocycles. The van der Waals surface area contributed by atoms with Gasteiger partial charge in [-0.25, -0.2) is 9.67 Å². The van der Waals surface area contributed by atoms with Gasteiger partial charge >= 0.3 is 0 Å². The molecular formula is C27H31N5O3. The number of rotatable bonds is 8. The van der Waals surface area contributed by atoms with E-state index in [0.29, 0.717) is 0 Å². The van der Waals surface area contributed by atoms with Crippen molar-refractivity contribution in [2.75, 3.05) is 32.3 Å². The first kappa shape index (κ1) is 23.1. The van der Waals surface area contributed by atoms with Crippen LogP contribution in [-0.2, 0) is 4.74 Å². The third kappa shape index (κ3) is 4.79. The number of nitrogens with zero attached hydrogens (tertiary/aromatic N) is 5. The molecule has 1 unspecified atom stereocenters. The Labute approximate surface area is 205 Å². The van der Waals surface area contributed by atoms with Crippen LogP contribution in [0.25, 0.3) is 22.3 Å². The molecule has 1 fully saturated rings. The van der Waals surface area contributed by atoms with Crippen LogP contribution in [0.2, 0.25) is 0 Å². The Morgan fingerprint density at radius 1 is 1.06 bits per heavy atom. The van der Waals surface area contributed by atoms with Gasteiger partial charge in [-0.1, -0.05) is 6.92 Å². The number of benzene rings is 2. The molecule has 0 saturated carbocycles. The van der Waals surface area contributed by atoms with E-state index in [1.165, 1.54) is 0 Å². The summed E-state index contributed by atoms with van der Waals surface area (Å²) >= 11 is 0. The Morgan fingerprint density at radius 3 is 2.74 bits per heavy atom. The van der Waals surface area contributed by atoms with Gasteiger partial charge < -0.3 is 19.1 Å². The normalized spacial score (nSPS) is 15.8. The van der Waals surface area contributed by atoms with Crippen LogP contribution in [0.1, 0.15) is 38.8 Å². The fraction of sp³-hybridized carbons (Fsp3) is 0.370. The van der Waals surface area contributed by atoms with Crippen molar-refractivity contribution in [3.63, 3.8) is 0 Å². The van der Waals surface area contributed by atoms with Crippen LogP contribution in [-0.4, -0.2) is 47.1 Å². The van der Waals surface area contributed by atoms with Crippen LogP contribution in [0, 0.1) is 0 Å². The lowest BCUT2D eigenvalue weighted by atomic mass is 10.1. The summed E-state index contributed by atoms with van der Waals surface area (Å²) in [6, 6.07) is 12.0. The fourth-order valence-electron chi connectivity index (χ4n) is 4.49. The summed E-state index contributed by atoms with van der Waals surface area (Å²) < 4.78 is 18.9. The fourth-order valence-corrected chi connectivity index (χ4v) is 4.49. The molecule has 5 rings (SSSR count). The van der Waals surface area contributed by atoms with Gasteiger partial charge in [0.1, 0.15) is 17.7 Å². The van der Waals surface area contributed by atoms with Crippen molar-refractivity contribution >= 4 is 22.4 Å². The van der Waals surface area contributed by atoms with Gasteiger partial charge in [0, 0.05) is 36.7 Å². The lowest BCUT2D eigenvalue weighted by Gasteiger charge is -2.27. The van der Waals surface area contributed by atoms with E-state index in [1.54, 1.807) is 20.4 Å². The second kappa shape index (κ2) is 10.3. The Kier molecular flexibility index (Phi) is 6.81. The number of aromatic nitrogens is 4. The van der Waals surface area contributed by atoms with Gasteiger partial charge in [-0.3, -0.25) is 4.98 Å². The minimum atomic E-state index is -0.00188. The van der Waals surface area contributed by atoms with Gasteiger partial charge in [-0.05, 0) is 56.0 Å². The number of hydrogen-bond donors (Lipinski definition) is 0. The summed E-state index contributed by atoms with van der Waals surface area (Å²) in [5, 5.41) is 4.53. The molecule has 182 valence electrons. The van der Waals surface area contributed by atoms with Crippen molar-refractivity contribution in [3.05, 3.63) is 55.0 Å². The predicted octanol–water partition coefficient (Wildman–Crippen LogP) is 5.76. The van der Waals surface area contributed by atoms with E-state index in [-0.39, 0.29) is 6.23 Å². The summed E-state index contributed by atoms with van der Waals surface area (Å²) in [4.78, 5) is 11.8. The van der Waals surface area contributed by atoms with E-state index in [9.17, 15) is 0 Å². The average Bonchev–Trinajstić information content (AvgIpc) is 3.42. The van der Waals surface area contributed by atoms with Crippen molar-refractivity contribution in [2.24, 2.45) is 0 Å². The first-order valence-corrected chi connectivity index (χ1v) is 12.1. The van der Waals surface area contributed by atoms with Crippen LogP contribution in [0.15, 0.2) is 55.0 Å². The SMILES string of the molecule is CCCN(c1ccc2ncc(-c3cnn(C4CCCCO4)c3)nc2c1)c1cc(OC)ccc1OC. The molecule has 0 bridgehead atoms. The van der Waals surface area contributed by atoms with Gasteiger partial charge in [-0.2, -0.15) is 5.10 Å². The highest BCUT2D eigenvalue weighted by Crippen LogP contribution is 2.37. The lowest BCUT2D eigenvalue weighted by Crippen LogP contribution is -2.18. The second-order valence-electron chi connectivity index (χ2n) is 8.65. The maximum absolute atomic E-state index is 5.87. The third-order valence-electron chi connectivity index (χ3n) is 6.31. The molecule has 3 heterocycles. The van der Waals surface area contributed by atoms with E-state index in [1.807, 2.05) is 41.3 Å². The molecule has 0 aliphatic carbocycles. The Hall–Kier alpha value is -3.65. The molecule has 0 radical (unpaired) electrons. The maximum atomic E-state index is 5.87. The lowest BCUT2D eigenvalue weighted by molar-refractivity contribution is -0.0394. The quantitative estimate of drug-likeness (QED) is 0.322. The molecule has 1 aliphatic rings. The molecule has 1 atom stereocenters. The zero-order valence-corrected chi connectivity index (χ0v) is 20.5. The maximum Gasteiger partial charge on any atom is 0.150 e. The zero-order valence-electron chi connectivity index (χ0n) is 20.5. The monoisotopic (exact) mass is 473 g/mol. The average molecular weight is 474 g/mol. The van der Waals surface area contributed by atoms with Crippen LogP contribution < -0.4 is 14.4 Å². The molecule has 0 amide bonds. The highest BCUT2D eigenvalue weighted by Gasteiger charge is 2.18. The smallest absolute Gasteiger partial charge is 0.150 e. The van der Waals surface area contributed by atoms with Crippen molar-refractivity contribution in [1.82, 2.24) is 19.7 Å². The first-order valence-electron chi connectivity index (χ1n) is 12.1. The van der Waals surface area contributed by atoms with Gasteiger partial charge in [0.05, 0.1) is 49.0 Å². The molecule has 0 N–H and O–H groups in total. The van der Waals surface area contributed by atoms with E-state index >= 15 is 0 Å². The Bertz CT molecular complexity index is 1300. The Balaban J connectivity index is 1.50. The first-order chi connectivity index (χ1) is 17.2. The zero-order chi connectivity index (χ0) is 24.2. The number of fused-ring (bicyclic) bond motifs is 1. The van der Waals surface area contributed by atoms with Crippen LogP contribution in [0.5, 0.6) is 11.5 Å². The summed E-state index contributed by atoms with van der Waals surface area (Å²) in [7, 11) is 3.36. The van der Waals surface area contributed by atoms with Crippen LogP contribution >= 0.6 is 0 Å². The Morgan fingerprint density at radius 2 is 1.97 bits per heavy atom. The van der Waals surface area contributed by atoms with Crippen molar-refractivity contribution in [3.8, 4) is 22.8 Å². The number of anilines is 2. The number of ether oxygens (including phenoxy) is 3. The summed E-state index contributed by atoms with van der Waals surface area (Å²) in [6.45, 7) is 3.76. The van der Waals surface area contributed by atoms with E-state index < -0.39 is 0 Å². The third-order valence-corrected chi connectivity index (χ3v) is 6.31. The van der Waals surface area contributed by atoms with E-state index in [4.69, 9.17) is 19.2 Å². The molecule has 2 aromatic heterocycles. The van der Waals surface area contributed by atoms with Gasteiger partial charge in [0.15, 0.2) is 0 Å². The second-order valence-corrected chi connectivity index (χ2v) is 8.65. The molecule has 35 heavy (non-hydrogen) atoms. The topological polar surface area (TPSA) is 74.5 Å². The summed E-state index contributed by atoms with van der Waals surface area (Å²) in [5.74, 6) is 1.57. The van der Waals surface area contributed by atoms with Crippen LogP contribution in [0.3, 0.4) is 0 Å². The van der Waals surface area contributed by atoms with Crippen molar-refractivity contribution < 1.29 is 14.2 Å². The molecule has 1 aliphatic heterocycles. The van der Waals surface area contributed by atoms with Crippen molar-refractivity contribution in [1.29, 1.82) is 0 Å². The largest absolute Gasteiger partial charge is 0.497 e. The van der Waals surface area contributed by atoms with E-state index in [0.717, 1.165) is 84.0 Å². The van der Waals surface area contributed by atoms with Gasteiger partial charge in [0.25, 0.3) is 0 Å². The molecule has 8 heteroatoms. The van der Waals surface area contributed by atoms with Gasteiger partial charge in [0.2, 0.25) is 0 Å². The standard InChI is InChI=1S/C27H31N5O3/c1-4-12-31(25-15-21(33-2)9-11-26(25)34-3)20-8-10-22-23(14-20)30-24(17-28-22)19-16-29-32(18-19)27-7-5-6-13-35-27/h8-11,14-18,27H,4-7,12-13H2,1-3H3. The predicted molar refractivity (Wildman–Crippen MR) is 136 cm³/mol. The van der Waals surface area contributed by atoms with Gasteiger partial charge in [-0.15, -0.1) is 0 Å². The molecule has 8 nitrogen and oxygen atoms in total. The highest BCUT2D eigenvalue weighted by molar-refractivity contribution is 5.83. The summed E-state index contributed by atoms with van der Waals surface area (Å²) in [6.07, 6.45) is 9.85. The van der Waals surface area contributed by atoms with E-state index in [2.05, 4.69) is 34.0 Å². The van der Waals surface area contributed by atoms with Crippen molar-refractivity contribution in [2.45, 2.75) is 38.8 Å². The minimum Gasteiger partial charge on any atom is -0.497 e. The number of methoxy groups -OCH3 is 2. The summed E-state index contributed by atoms with van der Waals surface area (Å²) in [5.41, 5.74) is 5.35. The molecular weight excluding hydrogens is 442 g/mol. The highest BCUT2D eigenvalue weighted by atomic mass is 16.5.